The van der Waals surface area contributed by atoms with Crippen molar-refractivity contribution in [3.05, 3.63) is 77.2 Å². The predicted octanol–water partition coefficient (Wildman–Crippen LogP) is 5.55. The van der Waals surface area contributed by atoms with Gasteiger partial charge in [-0.25, -0.2) is 0 Å². The Balaban J connectivity index is 1.71. The first-order valence-electron chi connectivity index (χ1n) is 7.95. The van der Waals surface area contributed by atoms with Crippen LogP contribution in [0.15, 0.2) is 64.0 Å². The van der Waals surface area contributed by atoms with Crippen molar-refractivity contribution in [3.63, 3.8) is 0 Å². The lowest BCUT2D eigenvalue weighted by molar-refractivity contribution is -0.137. The van der Waals surface area contributed by atoms with Crippen molar-refractivity contribution in [2.45, 2.75) is 23.7 Å². The summed E-state index contributed by atoms with van der Waals surface area (Å²) in [5.74, 6) is 0.843. The van der Waals surface area contributed by atoms with E-state index in [2.05, 4.69) is 10.5 Å². The van der Waals surface area contributed by atoms with Gasteiger partial charge in [-0.3, -0.25) is 4.79 Å². The number of nitrogens with zero attached hydrogens (tertiary/aromatic N) is 1. The number of carbonyl (C=O) groups excluding carboxylic acids is 1. The van der Waals surface area contributed by atoms with Gasteiger partial charge in [0.05, 0.1) is 16.8 Å². The van der Waals surface area contributed by atoms with Gasteiger partial charge in [0.25, 0.3) is 5.91 Å². The molecule has 0 spiro atoms. The Hall–Kier alpha value is -2.74. The Morgan fingerprint density at radius 3 is 2.48 bits per heavy atom. The number of carbonyl (C=O) groups is 1. The molecule has 27 heavy (non-hydrogen) atoms. The van der Waals surface area contributed by atoms with Crippen LogP contribution in [0.4, 0.5) is 18.9 Å². The van der Waals surface area contributed by atoms with Crippen molar-refractivity contribution in [3.8, 4) is 0 Å². The SMILES string of the molecule is Cc1cc(CSc2ccccc2C(=O)Nc2ccc(C(F)(F)F)cc2)no1. The molecule has 4 nitrogen and oxygen atoms in total. The molecule has 0 atom stereocenters. The maximum atomic E-state index is 12.6. The number of rotatable bonds is 5. The molecule has 0 saturated heterocycles. The summed E-state index contributed by atoms with van der Waals surface area (Å²) in [5.41, 5.74) is 0.720. The fourth-order valence-corrected chi connectivity index (χ4v) is 3.29. The van der Waals surface area contributed by atoms with Gasteiger partial charge in [-0.05, 0) is 43.3 Å². The number of aromatic nitrogens is 1. The van der Waals surface area contributed by atoms with Crippen LogP contribution in [0.1, 0.15) is 27.4 Å². The van der Waals surface area contributed by atoms with Gasteiger partial charge in [-0.2, -0.15) is 13.2 Å². The zero-order valence-corrected chi connectivity index (χ0v) is 15.0. The summed E-state index contributed by atoms with van der Waals surface area (Å²) >= 11 is 1.43. The van der Waals surface area contributed by atoms with Crippen LogP contribution < -0.4 is 5.32 Å². The first kappa shape index (κ1) is 19.0. The average Bonchev–Trinajstić information content (AvgIpc) is 3.05. The van der Waals surface area contributed by atoms with Gasteiger partial charge in [0.15, 0.2) is 0 Å². The van der Waals surface area contributed by atoms with Gasteiger partial charge in [0, 0.05) is 22.4 Å². The molecule has 140 valence electrons. The second-order valence-corrected chi connectivity index (χ2v) is 6.76. The number of hydrogen-bond acceptors (Lipinski definition) is 4. The van der Waals surface area contributed by atoms with E-state index in [1.165, 1.54) is 23.9 Å². The number of benzene rings is 2. The third kappa shape index (κ3) is 4.91. The van der Waals surface area contributed by atoms with Crippen LogP contribution in [0.25, 0.3) is 0 Å². The fraction of sp³-hybridized carbons (Fsp3) is 0.158. The second kappa shape index (κ2) is 7.87. The summed E-state index contributed by atoms with van der Waals surface area (Å²) < 4.78 is 42.9. The fourth-order valence-electron chi connectivity index (χ4n) is 2.36. The van der Waals surface area contributed by atoms with Crippen LogP contribution in [-0.2, 0) is 11.9 Å². The number of nitrogens with one attached hydrogen (secondary N) is 1. The molecule has 3 aromatic rings. The molecule has 2 aromatic carbocycles. The molecule has 8 heteroatoms. The Morgan fingerprint density at radius 1 is 1.15 bits per heavy atom. The molecule has 3 rings (SSSR count). The molecular formula is C19H15F3N2O2S. The van der Waals surface area contributed by atoms with Gasteiger partial charge in [-0.1, -0.05) is 17.3 Å². The van der Waals surface area contributed by atoms with E-state index in [9.17, 15) is 18.0 Å². The Morgan fingerprint density at radius 2 is 1.85 bits per heavy atom. The Kier molecular flexibility index (Phi) is 5.55. The highest BCUT2D eigenvalue weighted by Crippen LogP contribution is 2.30. The molecule has 0 bridgehead atoms. The topological polar surface area (TPSA) is 55.1 Å². The Bertz CT molecular complexity index is 937. The van der Waals surface area contributed by atoms with E-state index in [0.29, 0.717) is 22.8 Å². The summed E-state index contributed by atoms with van der Waals surface area (Å²) in [6.45, 7) is 1.80. The molecule has 0 radical (unpaired) electrons. The maximum Gasteiger partial charge on any atom is 0.416 e. The molecule has 1 N–H and O–H groups in total. The van der Waals surface area contributed by atoms with E-state index < -0.39 is 17.6 Å². The highest BCUT2D eigenvalue weighted by Gasteiger charge is 2.30. The monoisotopic (exact) mass is 392 g/mol. The molecular weight excluding hydrogens is 377 g/mol. The zero-order chi connectivity index (χ0) is 19.4. The second-order valence-electron chi connectivity index (χ2n) is 5.74. The third-order valence-corrected chi connectivity index (χ3v) is 4.76. The van der Waals surface area contributed by atoms with E-state index in [-0.39, 0.29) is 0 Å². The predicted molar refractivity (Wildman–Crippen MR) is 96.6 cm³/mol. The number of hydrogen-bond donors (Lipinski definition) is 1. The minimum atomic E-state index is -4.41. The van der Waals surface area contributed by atoms with Gasteiger partial charge < -0.3 is 9.84 Å². The molecule has 1 amide bonds. The normalized spacial score (nSPS) is 11.4. The number of amides is 1. The van der Waals surface area contributed by atoms with Crippen molar-refractivity contribution in [2.24, 2.45) is 0 Å². The number of anilines is 1. The standard InChI is InChI=1S/C19H15F3N2O2S/c1-12-10-15(24-26-12)11-27-17-5-3-2-4-16(17)18(25)23-14-8-6-13(7-9-14)19(20,21)22/h2-10H,11H2,1H3,(H,23,25). The van der Waals surface area contributed by atoms with Crippen LogP contribution in [-0.4, -0.2) is 11.1 Å². The maximum absolute atomic E-state index is 12.6. The van der Waals surface area contributed by atoms with E-state index in [1.54, 1.807) is 25.1 Å². The summed E-state index contributed by atoms with van der Waals surface area (Å²) in [5, 5.41) is 6.54. The molecule has 0 aliphatic carbocycles. The summed E-state index contributed by atoms with van der Waals surface area (Å²) in [6.07, 6.45) is -4.41. The zero-order valence-electron chi connectivity index (χ0n) is 14.2. The van der Waals surface area contributed by atoms with Crippen molar-refractivity contribution >= 4 is 23.4 Å². The van der Waals surface area contributed by atoms with Crippen LogP contribution in [0.2, 0.25) is 0 Å². The summed E-state index contributed by atoms with van der Waals surface area (Å²) in [6, 6.07) is 13.2. The molecule has 0 aliphatic rings. The van der Waals surface area contributed by atoms with Crippen LogP contribution in [0, 0.1) is 6.92 Å². The first-order chi connectivity index (χ1) is 12.8. The van der Waals surface area contributed by atoms with E-state index in [1.807, 2.05) is 12.1 Å². The molecule has 0 fully saturated rings. The van der Waals surface area contributed by atoms with Gasteiger partial charge in [0.2, 0.25) is 0 Å². The first-order valence-corrected chi connectivity index (χ1v) is 8.94. The lowest BCUT2D eigenvalue weighted by Crippen LogP contribution is -2.13. The quantitative estimate of drug-likeness (QED) is 0.579. The van der Waals surface area contributed by atoms with Crippen molar-refractivity contribution in [1.29, 1.82) is 0 Å². The largest absolute Gasteiger partial charge is 0.416 e. The van der Waals surface area contributed by atoms with Gasteiger partial charge >= 0.3 is 6.18 Å². The Labute approximate surface area is 157 Å². The lowest BCUT2D eigenvalue weighted by atomic mass is 10.1. The molecule has 0 aliphatic heterocycles. The third-order valence-electron chi connectivity index (χ3n) is 3.65. The van der Waals surface area contributed by atoms with Crippen molar-refractivity contribution in [1.82, 2.24) is 5.16 Å². The minimum Gasteiger partial charge on any atom is -0.361 e. The molecule has 0 saturated carbocycles. The van der Waals surface area contributed by atoms with Gasteiger partial charge in [0.1, 0.15) is 5.76 Å². The highest BCUT2D eigenvalue weighted by atomic mass is 32.2. The minimum absolute atomic E-state index is 0.292. The molecule has 0 unspecified atom stereocenters. The lowest BCUT2D eigenvalue weighted by Gasteiger charge is -2.11. The molecule has 1 heterocycles. The number of thioether (sulfide) groups is 1. The highest BCUT2D eigenvalue weighted by molar-refractivity contribution is 7.98. The van der Waals surface area contributed by atoms with Gasteiger partial charge in [-0.15, -0.1) is 11.8 Å². The summed E-state index contributed by atoms with van der Waals surface area (Å²) in [4.78, 5) is 13.3. The van der Waals surface area contributed by atoms with Crippen LogP contribution in [0.5, 0.6) is 0 Å². The molecule has 1 aromatic heterocycles. The summed E-state index contributed by atoms with van der Waals surface area (Å²) in [7, 11) is 0. The number of halogens is 3. The smallest absolute Gasteiger partial charge is 0.361 e. The number of alkyl halides is 3. The van der Waals surface area contributed by atoms with E-state index in [4.69, 9.17) is 4.52 Å². The van der Waals surface area contributed by atoms with E-state index in [0.717, 1.165) is 22.7 Å². The van der Waals surface area contributed by atoms with Crippen LogP contribution >= 0.6 is 11.8 Å². The average molecular weight is 392 g/mol. The number of aryl methyl sites for hydroxylation is 1. The van der Waals surface area contributed by atoms with Crippen molar-refractivity contribution in [2.75, 3.05) is 5.32 Å². The van der Waals surface area contributed by atoms with E-state index >= 15 is 0 Å². The van der Waals surface area contributed by atoms with Crippen LogP contribution in [0.3, 0.4) is 0 Å². The van der Waals surface area contributed by atoms with Crippen molar-refractivity contribution < 1.29 is 22.5 Å².